The maximum Gasteiger partial charge on any atom is 0.153 e. The zero-order chi connectivity index (χ0) is 9.14. The summed E-state index contributed by atoms with van der Waals surface area (Å²) >= 11 is 3.19. The number of hydrogen-bond acceptors (Lipinski definition) is 3. The van der Waals surface area contributed by atoms with E-state index in [1.807, 2.05) is 0 Å². The summed E-state index contributed by atoms with van der Waals surface area (Å²) in [4.78, 5) is 10.4. The quantitative estimate of drug-likeness (QED) is 0.670. The summed E-state index contributed by atoms with van der Waals surface area (Å²) in [5, 5.41) is 9.21. The maximum atomic E-state index is 10.4. The van der Waals surface area contributed by atoms with Crippen LogP contribution in [0.5, 0.6) is 11.5 Å². The van der Waals surface area contributed by atoms with Crippen molar-refractivity contribution in [2.24, 2.45) is 0 Å². The van der Waals surface area contributed by atoms with Crippen LogP contribution < -0.4 is 4.74 Å². The van der Waals surface area contributed by atoms with E-state index in [0.717, 1.165) is 0 Å². The van der Waals surface area contributed by atoms with Gasteiger partial charge in [0.2, 0.25) is 0 Å². The molecule has 0 aliphatic carbocycles. The third kappa shape index (κ3) is 2.72. The zero-order valence-electron chi connectivity index (χ0n) is 6.68. The van der Waals surface area contributed by atoms with Crippen LogP contribution in [0.25, 0.3) is 0 Å². The Kier molecular flexibility index (Phi) is 5.06. The van der Waals surface area contributed by atoms with Gasteiger partial charge in [-0.15, -0.1) is 0 Å². The van der Waals surface area contributed by atoms with Gasteiger partial charge in [-0.05, 0) is 22.0 Å². The van der Waals surface area contributed by atoms with E-state index in [2.05, 4.69) is 15.9 Å². The number of methoxy groups -OCH3 is 1. The number of carbonyl (C=O) groups is 1. The monoisotopic (exact) mass is 293 g/mol. The molecule has 0 atom stereocenters. The minimum atomic E-state index is -0.0787. The molecule has 5 heteroatoms. The number of aromatic hydroxyl groups is 1. The second kappa shape index (κ2) is 5.27. The molecule has 0 amide bonds. The number of ether oxygens (including phenoxy) is 1. The van der Waals surface area contributed by atoms with E-state index in [4.69, 9.17) is 4.74 Å². The Bertz CT molecular complexity index is 315. The largest absolute Gasteiger partial charge is 0.507 e. The maximum absolute atomic E-state index is 10.4. The fourth-order valence-corrected chi connectivity index (χ4v) is 1.33. The molecule has 0 saturated carbocycles. The van der Waals surface area contributed by atoms with Gasteiger partial charge in [-0.2, -0.15) is 0 Å². The van der Waals surface area contributed by atoms with Gasteiger partial charge in [0.25, 0.3) is 0 Å². The second-order valence-electron chi connectivity index (χ2n) is 2.16. The molecule has 1 aromatic carbocycles. The van der Waals surface area contributed by atoms with Gasteiger partial charge in [0.15, 0.2) is 6.29 Å². The average Bonchev–Trinajstić information content (AvgIpc) is 2.08. The second-order valence-corrected chi connectivity index (χ2v) is 3.02. The van der Waals surface area contributed by atoms with Crippen LogP contribution in [0.3, 0.4) is 0 Å². The van der Waals surface area contributed by atoms with Gasteiger partial charge in [0.1, 0.15) is 11.5 Å². The van der Waals surface area contributed by atoms with Crippen LogP contribution in [0.4, 0.5) is 0 Å². The Balaban J connectivity index is 0.00000144. The smallest absolute Gasteiger partial charge is 0.153 e. The van der Waals surface area contributed by atoms with E-state index < -0.39 is 0 Å². The molecule has 1 rings (SSSR count). The van der Waals surface area contributed by atoms with Crippen LogP contribution in [0.15, 0.2) is 16.6 Å². The molecule has 0 aromatic heterocycles. The summed E-state index contributed by atoms with van der Waals surface area (Å²) in [6.45, 7) is 0. The predicted molar refractivity (Wildman–Crippen MR) is 47.7 cm³/mol. The van der Waals surface area contributed by atoms with Crippen molar-refractivity contribution in [3.63, 3.8) is 0 Å². The van der Waals surface area contributed by atoms with Gasteiger partial charge >= 0.3 is 0 Å². The third-order valence-electron chi connectivity index (χ3n) is 1.43. The van der Waals surface area contributed by atoms with Crippen LogP contribution in [-0.2, 0) is 17.1 Å². The molecule has 0 unspecified atom stereocenters. The molecular weight excluding hydrogens is 288 g/mol. The molecule has 1 radical (unpaired) electrons. The average molecular weight is 295 g/mol. The van der Waals surface area contributed by atoms with E-state index in [0.29, 0.717) is 16.5 Å². The van der Waals surface area contributed by atoms with Crippen molar-refractivity contribution in [1.29, 1.82) is 0 Å². The molecule has 1 N–H and O–H groups in total. The topological polar surface area (TPSA) is 46.5 Å². The Morgan fingerprint density at radius 3 is 2.62 bits per heavy atom. The number of benzene rings is 1. The Labute approximate surface area is 94.7 Å². The summed E-state index contributed by atoms with van der Waals surface area (Å²) in [6, 6.07) is 2.88. The molecule has 0 spiro atoms. The number of phenolic OH excluding ortho intramolecular Hbond substituents is 1. The first-order valence-corrected chi connectivity index (χ1v) is 4.00. The summed E-state index contributed by atoms with van der Waals surface area (Å²) in [5.41, 5.74) is 0.239. The van der Waals surface area contributed by atoms with Crippen LogP contribution in [0.2, 0.25) is 0 Å². The SMILES string of the molecule is COc1cc(O)c(C=O)cc1Br.[Cu]. The van der Waals surface area contributed by atoms with Crippen molar-refractivity contribution in [2.75, 3.05) is 7.11 Å². The van der Waals surface area contributed by atoms with Crippen molar-refractivity contribution >= 4 is 22.2 Å². The van der Waals surface area contributed by atoms with Gasteiger partial charge in [0, 0.05) is 23.1 Å². The third-order valence-corrected chi connectivity index (χ3v) is 2.05. The van der Waals surface area contributed by atoms with Crippen molar-refractivity contribution < 1.29 is 31.7 Å². The van der Waals surface area contributed by atoms with E-state index >= 15 is 0 Å². The molecule has 0 saturated heterocycles. The van der Waals surface area contributed by atoms with E-state index in [1.165, 1.54) is 19.2 Å². The van der Waals surface area contributed by atoms with E-state index in [-0.39, 0.29) is 28.4 Å². The van der Waals surface area contributed by atoms with Gasteiger partial charge in [-0.3, -0.25) is 4.79 Å². The van der Waals surface area contributed by atoms with Gasteiger partial charge in [-0.25, -0.2) is 0 Å². The fourth-order valence-electron chi connectivity index (χ4n) is 0.809. The predicted octanol–water partition coefficient (Wildman–Crippen LogP) is 1.97. The Morgan fingerprint density at radius 1 is 1.54 bits per heavy atom. The van der Waals surface area contributed by atoms with Crippen LogP contribution in [0, 0.1) is 0 Å². The minimum absolute atomic E-state index is 0. The first-order chi connectivity index (χ1) is 5.69. The van der Waals surface area contributed by atoms with Gasteiger partial charge < -0.3 is 9.84 Å². The summed E-state index contributed by atoms with van der Waals surface area (Å²) < 4.78 is 5.55. The number of aldehydes is 1. The standard InChI is InChI=1S/C8H7BrO3.Cu/c1-12-8-3-7(11)5(4-10)2-6(8)9;/h2-4,11H,1H3;. The molecule has 0 heterocycles. The van der Waals surface area contributed by atoms with Crippen molar-refractivity contribution in [3.05, 3.63) is 22.2 Å². The van der Waals surface area contributed by atoms with E-state index in [1.54, 1.807) is 0 Å². The Hall–Kier alpha value is -0.511. The number of phenols is 1. The number of hydrogen-bond donors (Lipinski definition) is 1. The minimum Gasteiger partial charge on any atom is -0.507 e. The summed E-state index contributed by atoms with van der Waals surface area (Å²) in [5.74, 6) is 0.420. The first-order valence-electron chi connectivity index (χ1n) is 3.20. The molecule has 75 valence electrons. The molecule has 0 aliphatic heterocycles. The number of carbonyl (C=O) groups excluding carboxylic acids is 1. The van der Waals surface area contributed by atoms with Crippen LogP contribution in [0.1, 0.15) is 10.4 Å². The molecule has 0 fully saturated rings. The van der Waals surface area contributed by atoms with Crippen LogP contribution in [-0.4, -0.2) is 18.5 Å². The normalized spacial score (nSPS) is 8.77. The fraction of sp³-hybridized carbons (Fsp3) is 0.125. The zero-order valence-corrected chi connectivity index (χ0v) is 9.20. The first kappa shape index (κ1) is 12.5. The van der Waals surface area contributed by atoms with Crippen molar-refractivity contribution in [1.82, 2.24) is 0 Å². The van der Waals surface area contributed by atoms with E-state index in [9.17, 15) is 9.90 Å². The number of halogens is 1. The van der Waals surface area contributed by atoms with Crippen molar-refractivity contribution in [2.45, 2.75) is 0 Å². The summed E-state index contributed by atoms with van der Waals surface area (Å²) in [7, 11) is 1.49. The van der Waals surface area contributed by atoms with Gasteiger partial charge in [0.05, 0.1) is 17.1 Å². The van der Waals surface area contributed by atoms with Crippen LogP contribution >= 0.6 is 15.9 Å². The Morgan fingerprint density at radius 2 is 2.15 bits per heavy atom. The molecule has 0 aliphatic rings. The number of rotatable bonds is 2. The molecule has 0 bridgehead atoms. The molecule has 1 aromatic rings. The van der Waals surface area contributed by atoms with Crippen molar-refractivity contribution in [3.8, 4) is 11.5 Å². The molecule has 13 heavy (non-hydrogen) atoms. The molecular formula is C8H7BrCuO3. The van der Waals surface area contributed by atoms with Gasteiger partial charge in [-0.1, -0.05) is 0 Å². The summed E-state index contributed by atoms with van der Waals surface area (Å²) in [6.07, 6.45) is 0.583. The molecule has 3 nitrogen and oxygen atoms in total.